The largest absolute Gasteiger partial charge is 0.326 e. The highest BCUT2D eigenvalue weighted by molar-refractivity contribution is 5.93. The molecule has 3 rings (SSSR count). The lowest BCUT2D eigenvalue weighted by molar-refractivity contribution is -0.116. The van der Waals surface area contributed by atoms with Gasteiger partial charge in [0.2, 0.25) is 5.91 Å². The number of H-pyrrole nitrogens is 1. The molecule has 0 bridgehead atoms. The van der Waals surface area contributed by atoms with Crippen LogP contribution < -0.4 is 10.9 Å². The summed E-state index contributed by atoms with van der Waals surface area (Å²) in [7, 11) is 0. The van der Waals surface area contributed by atoms with Crippen LogP contribution in [0, 0.1) is 0 Å². The van der Waals surface area contributed by atoms with Gasteiger partial charge in [0.05, 0.1) is 17.2 Å². The van der Waals surface area contributed by atoms with Gasteiger partial charge < -0.3 is 10.3 Å². The summed E-state index contributed by atoms with van der Waals surface area (Å²) in [5.74, 6) is -0.0550. The van der Waals surface area contributed by atoms with Crippen LogP contribution in [0.15, 0.2) is 59.7 Å². The number of carbonyl (C=O) groups is 1. The number of fused-ring (bicyclic) bond motifs is 1. The highest BCUT2D eigenvalue weighted by Gasteiger charge is 2.05. The van der Waals surface area contributed by atoms with Crippen LogP contribution >= 0.6 is 0 Å². The minimum Gasteiger partial charge on any atom is -0.326 e. The highest BCUT2D eigenvalue weighted by Crippen LogP contribution is 2.14. The summed E-state index contributed by atoms with van der Waals surface area (Å²) >= 11 is 0. The van der Waals surface area contributed by atoms with Crippen molar-refractivity contribution in [1.29, 1.82) is 0 Å². The van der Waals surface area contributed by atoms with E-state index in [1.165, 1.54) is 11.9 Å². The summed E-state index contributed by atoms with van der Waals surface area (Å²) in [6.07, 6.45) is 3.46. The molecule has 0 unspecified atom stereocenters. The Labute approximate surface area is 133 Å². The van der Waals surface area contributed by atoms with Crippen LogP contribution in [0.5, 0.6) is 0 Å². The highest BCUT2D eigenvalue weighted by atomic mass is 16.1. The molecule has 0 atom stereocenters. The lowest BCUT2D eigenvalue weighted by Gasteiger charge is -2.06. The van der Waals surface area contributed by atoms with Crippen LogP contribution in [0.2, 0.25) is 0 Å². The Morgan fingerprint density at radius 2 is 1.96 bits per heavy atom. The van der Waals surface area contributed by atoms with Gasteiger partial charge in [-0.1, -0.05) is 30.3 Å². The molecule has 2 aromatic carbocycles. The van der Waals surface area contributed by atoms with Gasteiger partial charge in [0.15, 0.2) is 0 Å². The average Bonchev–Trinajstić information content (AvgIpc) is 2.57. The van der Waals surface area contributed by atoms with Gasteiger partial charge in [-0.05, 0) is 36.6 Å². The molecule has 1 amide bonds. The molecule has 5 heteroatoms. The Morgan fingerprint density at radius 3 is 2.78 bits per heavy atom. The molecule has 0 aliphatic heterocycles. The summed E-state index contributed by atoms with van der Waals surface area (Å²) in [5.41, 5.74) is 2.23. The molecule has 0 fully saturated rings. The minimum absolute atomic E-state index is 0.0550. The second kappa shape index (κ2) is 6.87. The van der Waals surface area contributed by atoms with Gasteiger partial charge >= 0.3 is 0 Å². The average molecular weight is 307 g/mol. The molecule has 2 N–H and O–H groups in total. The molecule has 0 spiro atoms. The zero-order valence-corrected chi connectivity index (χ0v) is 12.6. The van der Waals surface area contributed by atoms with Crippen molar-refractivity contribution in [1.82, 2.24) is 9.97 Å². The second-order valence-electron chi connectivity index (χ2n) is 5.35. The fraction of sp³-hybridized carbons (Fsp3) is 0.167. The fourth-order valence-electron chi connectivity index (χ4n) is 2.47. The number of amides is 1. The van der Waals surface area contributed by atoms with E-state index in [-0.39, 0.29) is 11.5 Å². The Balaban J connectivity index is 1.59. The number of carbonyl (C=O) groups excluding carboxylic acids is 1. The Morgan fingerprint density at radius 1 is 1.13 bits per heavy atom. The number of aromatic nitrogens is 2. The van der Waals surface area contributed by atoms with Crippen molar-refractivity contribution >= 4 is 22.5 Å². The Kier molecular flexibility index (Phi) is 4.47. The Bertz CT molecular complexity index is 872. The number of nitrogens with zero attached hydrogens (tertiary/aromatic N) is 1. The topological polar surface area (TPSA) is 74.8 Å². The molecular formula is C18H17N3O2. The quantitative estimate of drug-likeness (QED) is 0.761. The van der Waals surface area contributed by atoms with E-state index < -0.39 is 0 Å². The third-order valence-corrected chi connectivity index (χ3v) is 3.64. The first-order valence-corrected chi connectivity index (χ1v) is 7.53. The van der Waals surface area contributed by atoms with Gasteiger partial charge in [0.25, 0.3) is 5.56 Å². The number of aromatic amines is 1. The van der Waals surface area contributed by atoms with Gasteiger partial charge in [-0.25, -0.2) is 4.98 Å². The molecule has 116 valence electrons. The van der Waals surface area contributed by atoms with E-state index in [9.17, 15) is 9.59 Å². The number of hydrogen-bond acceptors (Lipinski definition) is 3. The molecule has 0 aliphatic rings. The molecule has 23 heavy (non-hydrogen) atoms. The number of nitrogens with one attached hydrogen (secondary N) is 2. The maximum absolute atomic E-state index is 12.0. The predicted molar refractivity (Wildman–Crippen MR) is 90.4 cm³/mol. The van der Waals surface area contributed by atoms with Crippen molar-refractivity contribution in [3.8, 4) is 0 Å². The fourth-order valence-corrected chi connectivity index (χ4v) is 2.47. The molecular weight excluding hydrogens is 290 g/mol. The maximum Gasteiger partial charge on any atom is 0.258 e. The third kappa shape index (κ3) is 3.83. The summed E-state index contributed by atoms with van der Waals surface area (Å²) < 4.78 is 0. The van der Waals surface area contributed by atoms with E-state index in [1.807, 2.05) is 18.2 Å². The van der Waals surface area contributed by atoms with E-state index in [2.05, 4.69) is 27.4 Å². The zero-order chi connectivity index (χ0) is 16.1. The molecule has 3 aromatic rings. The van der Waals surface area contributed by atoms with Crippen molar-refractivity contribution in [3.63, 3.8) is 0 Å². The first-order chi connectivity index (χ1) is 11.2. The molecule has 0 aliphatic carbocycles. The molecule has 1 aromatic heterocycles. The number of aryl methyl sites for hydroxylation is 1. The number of hydrogen-bond donors (Lipinski definition) is 2. The van der Waals surface area contributed by atoms with E-state index in [1.54, 1.807) is 18.2 Å². The van der Waals surface area contributed by atoms with Crippen molar-refractivity contribution < 1.29 is 4.79 Å². The van der Waals surface area contributed by atoms with Crippen molar-refractivity contribution in [3.05, 3.63) is 70.8 Å². The summed E-state index contributed by atoms with van der Waals surface area (Å²) in [6.45, 7) is 0. The lowest BCUT2D eigenvalue weighted by Crippen LogP contribution is -2.12. The Hall–Kier alpha value is -2.95. The van der Waals surface area contributed by atoms with Gasteiger partial charge in [-0.2, -0.15) is 0 Å². The van der Waals surface area contributed by atoms with E-state index in [0.29, 0.717) is 23.0 Å². The smallest absolute Gasteiger partial charge is 0.258 e. The number of benzene rings is 2. The molecule has 5 nitrogen and oxygen atoms in total. The molecule has 0 saturated carbocycles. The first kappa shape index (κ1) is 15.0. The van der Waals surface area contributed by atoms with Gasteiger partial charge in [-0.15, -0.1) is 0 Å². The standard InChI is InChI=1S/C18H17N3O2/c22-17(8-4-7-13-5-2-1-3-6-13)21-14-9-10-16-15(11-14)18(23)20-12-19-16/h1-3,5-6,9-12H,4,7-8H2,(H,21,22)(H,19,20,23). The van der Waals surface area contributed by atoms with E-state index in [4.69, 9.17) is 0 Å². The van der Waals surface area contributed by atoms with Gasteiger partial charge in [-0.3, -0.25) is 9.59 Å². The SMILES string of the molecule is O=C(CCCc1ccccc1)Nc1ccc2nc[nH]c(=O)c2c1. The van der Waals surface area contributed by atoms with Crippen LogP contribution in [0.25, 0.3) is 10.9 Å². The second-order valence-corrected chi connectivity index (χ2v) is 5.35. The van der Waals surface area contributed by atoms with E-state index >= 15 is 0 Å². The maximum atomic E-state index is 12.0. The predicted octanol–water partition coefficient (Wildman–Crippen LogP) is 2.88. The minimum atomic E-state index is -0.213. The number of rotatable bonds is 5. The monoisotopic (exact) mass is 307 g/mol. The third-order valence-electron chi connectivity index (χ3n) is 3.64. The van der Waals surface area contributed by atoms with Gasteiger partial charge in [0.1, 0.15) is 0 Å². The summed E-state index contributed by atoms with van der Waals surface area (Å²) in [6, 6.07) is 15.2. The normalized spacial score (nSPS) is 10.6. The van der Waals surface area contributed by atoms with Crippen LogP contribution in [0.4, 0.5) is 5.69 Å². The molecule has 0 radical (unpaired) electrons. The first-order valence-electron chi connectivity index (χ1n) is 7.53. The van der Waals surface area contributed by atoms with Crippen LogP contribution in [-0.4, -0.2) is 15.9 Å². The van der Waals surface area contributed by atoms with E-state index in [0.717, 1.165) is 12.8 Å². The van der Waals surface area contributed by atoms with Crippen molar-refractivity contribution in [2.24, 2.45) is 0 Å². The number of anilines is 1. The van der Waals surface area contributed by atoms with Crippen molar-refractivity contribution in [2.75, 3.05) is 5.32 Å². The lowest BCUT2D eigenvalue weighted by atomic mass is 10.1. The van der Waals surface area contributed by atoms with Crippen molar-refractivity contribution in [2.45, 2.75) is 19.3 Å². The van der Waals surface area contributed by atoms with Gasteiger partial charge in [0, 0.05) is 12.1 Å². The molecule has 1 heterocycles. The zero-order valence-electron chi connectivity index (χ0n) is 12.6. The summed E-state index contributed by atoms with van der Waals surface area (Å²) in [4.78, 5) is 30.4. The summed E-state index contributed by atoms with van der Waals surface area (Å²) in [5, 5.41) is 3.30. The van der Waals surface area contributed by atoms with Crippen LogP contribution in [-0.2, 0) is 11.2 Å². The van der Waals surface area contributed by atoms with Crippen LogP contribution in [0.3, 0.4) is 0 Å². The van der Waals surface area contributed by atoms with Crippen LogP contribution in [0.1, 0.15) is 18.4 Å². The molecule has 0 saturated heterocycles.